The molecule has 1 heterocycles. The summed E-state index contributed by atoms with van der Waals surface area (Å²) in [4.78, 5) is 13.7. The molecule has 0 aromatic heterocycles. The molecule has 0 unspecified atom stereocenters. The lowest BCUT2D eigenvalue weighted by atomic mass is 10.1. The van der Waals surface area contributed by atoms with Gasteiger partial charge < -0.3 is 10.6 Å². The Morgan fingerprint density at radius 2 is 2.26 bits per heavy atom. The Kier molecular flexibility index (Phi) is 6.00. The van der Waals surface area contributed by atoms with Gasteiger partial charge in [-0.2, -0.15) is 0 Å². The van der Waals surface area contributed by atoms with E-state index < -0.39 is 5.82 Å². The first-order valence-electron chi connectivity index (χ1n) is 5.72. The lowest BCUT2D eigenvalue weighted by Gasteiger charge is -2.35. The third-order valence-electron chi connectivity index (χ3n) is 2.98. The summed E-state index contributed by atoms with van der Waals surface area (Å²) in [6.45, 7) is 2.12. The van der Waals surface area contributed by atoms with Gasteiger partial charge in [0.25, 0.3) is 0 Å². The number of hydrogen-bond acceptors (Lipinski definition) is 3. The molecule has 0 aliphatic carbocycles. The van der Waals surface area contributed by atoms with E-state index in [-0.39, 0.29) is 23.3 Å². The molecule has 0 spiro atoms. The van der Waals surface area contributed by atoms with E-state index in [1.165, 1.54) is 18.2 Å². The first-order valence-corrected chi connectivity index (χ1v) is 6.10. The molecular weight excluding hydrogens is 292 g/mol. The van der Waals surface area contributed by atoms with E-state index in [0.29, 0.717) is 18.3 Å². The quantitative estimate of drug-likeness (QED) is 0.890. The SMILES string of the molecule is CN(CC(=O)Nc1ccc(F)c(Cl)c1)C1CNC1.Cl. The molecule has 106 valence electrons. The Morgan fingerprint density at radius 1 is 1.58 bits per heavy atom. The molecular formula is C12H16Cl2FN3O. The lowest BCUT2D eigenvalue weighted by molar-refractivity contribution is -0.117. The van der Waals surface area contributed by atoms with E-state index >= 15 is 0 Å². The molecule has 0 radical (unpaired) electrons. The number of amides is 1. The van der Waals surface area contributed by atoms with Crippen LogP contribution in [0.5, 0.6) is 0 Å². The third-order valence-corrected chi connectivity index (χ3v) is 3.27. The highest BCUT2D eigenvalue weighted by Crippen LogP contribution is 2.19. The number of carbonyl (C=O) groups is 1. The minimum atomic E-state index is -0.493. The first kappa shape index (κ1) is 16.2. The molecule has 4 nitrogen and oxygen atoms in total. The number of nitrogens with zero attached hydrogens (tertiary/aromatic N) is 1. The fraction of sp³-hybridized carbons (Fsp3) is 0.417. The van der Waals surface area contributed by atoms with Crippen molar-refractivity contribution >= 4 is 35.6 Å². The summed E-state index contributed by atoms with van der Waals surface area (Å²) < 4.78 is 12.9. The van der Waals surface area contributed by atoms with Crippen molar-refractivity contribution in [2.45, 2.75) is 6.04 Å². The largest absolute Gasteiger partial charge is 0.325 e. The maximum atomic E-state index is 12.9. The second kappa shape index (κ2) is 7.05. The molecule has 2 rings (SSSR count). The Balaban J connectivity index is 0.00000180. The summed E-state index contributed by atoms with van der Waals surface area (Å²) in [6, 6.07) is 4.54. The summed E-state index contributed by atoms with van der Waals surface area (Å²) in [6.07, 6.45) is 0. The van der Waals surface area contributed by atoms with Crippen molar-refractivity contribution in [1.29, 1.82) is 0 Å². The van der Waals surface area contributed by atoms with Crippen LogP contribution in [0.15, 0.2) is 18.2 Å². The van der Waals surface area contributed by atoms with Crippen molar-refractivity contribution in [2.75, 3.05) is 32.0 Å². The van der Waals surface area contributed by atoms with Gasteiger partial charge in [0.1, 0.15) is 5.82 Å². The minimum Gasteiger partial charge on any atom is -0.325 e. The van der Waals surface area contributed by atoms with Gasteiger partial charge in [-0.05, 0) is 25.2 Å². The van der Waals surface area contributed by atoms with Crippen LogP contribution in [-0.2, 0) is 4.79 Å². The molecule has 1 aliphatic heterocycles. The second-order valence-electron chi connectivity index (χ2n) is 4.40. The van der Waals surface area contributed by atoms with Crippen LogP contribution >= 0.6 is 24.0 Å². The molecule has 1 fully saturated rings. The average Bonchev–Trinajstić information content (AvgIpc) is 2.20. The van der Waals surface area contributed by atoms with E-state index in [1.807, 2.05) is 11.9 Å². The zero-order valence-electron chi connectivity index (χ0n) is 10.5. The Hall–Kier alpha value is -0.880. The monoisotopic (exact) mass is 307 g/mol. The fourth-order valence-corrected chi connectivity index (χ4v) is 1.90. The predicted molar refractivity (Wildman–Crippen MR) is 76.6 cm³/mol. The van der Waals surface area contributed by atoms with Gasteiger partial charge in [-0.25, -0.2) is 4.39 Å². The molecule has 19 heavy (non-hydrogen) atoms. The van der Waals surface area contributed by atoms with Gasteiger partial charge >= 0.3 is 0 Å². The summed E-state index contributed by atoms with van der Waals surface area (Å²) in [5, 5.41) is 5.84. The van der Waals surface area contributed by atoms with Crippen LogP contribution < -0.4 is 10.6 Å². The van der Waals surface area contributed by atoms with Crippen LogP contribution in [0.1, 0.15) is 0 Å². The zero-order chi connectivity index (χ0) is 13.1. The van der Waals surface area contributed by atoms with Crippen LogP contribution in [0, 0.1) is 5.82 Å². The Labute approximate surface area is 122 Å². The third kappa shape index (κ3) is 4.31. The van der Waals surface area contributed by atoms with E-state index in [9.17, 15) is 9.18 Å². The second-order valence-corrected chi connectivity index (χ2v) is 4.81. The molecule has 1 saturated heterocycles. The van der Waals surface area contributed by atoms with Gasteiger partial charge in [0.15, 0.2) is 0 Å². The number of halogens is 3. The highest BCUT2D eigenvalue weighted by Gasteiger charge is 2.22. The number of rotatable bonds is 4. The standard InChI is InChI=1S/C12H15ClFN3O.ClH/c1-17(9-5-15-6-9)7-12(18)16-8-2-3-11(14)10(13)4-8;/h2-4,9,15H,5-7H2,1H3,(H,16,18);1H. The van der Waals surface area contributed by atoms with Crippen LogP contribution in [0.3, 0.4) is 0 Å². The molecule has 7 heteroatoms. The number of carbonyl (C=O) groups excluding carboxylic acids is 1. The molecule has 1 aliphatic rings. The number of anilines is 1. The van der Waals surface area contributed by atoms with Crippen LogP contribution in [0.25, 0.3) is 0 Å². The van der Waals surface area contributed by atoms with Crippen molar-refractivity contribution in [3.05, 3.63) is 29.0 Å². The van der Waals surface area contributed by atoms with Gasteiger partial charge in [-0.1, -0.05) is 11.6 Å². The summed E-state index contributed by atoms with van der Waals surface area (Å²) in [7, 11) is 1.91. The van der Waals surface area contributed by atoms with E-state index in [4.69, 9.17) is 11.6 Å². The van der Waals surface area contributed by atoms with Crippen LogP contribution in [0.2, 0.25) is 5.02 Å². The molecule has 2 N–H and O–H groups in total. The highest BCUT2D eigenvalue weighted by atomic mass is 35.5. The normalized spacial score (nSPS) is 14.7. The fourth-order valence-electron chi connectivity index (χ4n) is 1.72. The number of nitrogens with one attached hydrogen (secondary N) is 2. The average molecular weight is 308 g/mol. The van der Waals surface area contributed by atoms with Gasteiger partial charge in [0.2, 0.25) is 5.91 Å². The highest BCUT2D eigenvalue weighted by molar-refractivity contribution is 6.31. The van der Waals surface area contributed by atoms with Crippen molar-refractivity contribution in [1.82, 2.24) is 10.2 Å². The van der Waals surface area contributed by atoms with Crippen LogP contribution in [0.4, 0.5) is 10.1 Å². The topological polar surface area (TPSA) is 44.4 Å². The van der Waals surface area contributed by atoms with E-state index in [2.05, 4.69) is 10.6 Å². The maximum Gasteiger partial charge on any atom is 0.238 e. The summed E-state index contributed by atoms with van der Waals surface area (Å²) in [5.41, 5.74) is 0.506. The van der Waals surface area contributed by atoms with Gasteiger partial charge in [0.05, 0.1) is 11.6 Å². The smallest absolute Gasteiger partial charge is 0.238 e. The molecule has 1 aromatic rings. The van der Waals surface area contributed by atoms with Crippen molar-refractivity contribution in [2.24, 2.45) is 0 Å². The van der Waals surface area contributed by atoms with Crippen molar-refractivity contribution in [3.8, 4) is 0 Å². The maximum absolute atomic E-state index is 12.9. The van der Waals surface area contributed by atoms with Crippen molar-refractivity contribution < 1.29 is 9.18 Å². The Bertz CT molecular complexity index is 455. The number of hydrogen-bond donors (Lipinski definition) is 2. The number of likely N-dealkylation sites (N-methyl/N-ethyl adjacent to an activating group) is 1. The van der Waals surface area contributed by atoms with Gasteiger partial charge in [0, 0.05) is 24.8 Å². The van der Waals surface area contributed by atoms with E-state index in [0.717, 1.165) is 13.1 Å². The summed E-state index contributed by atoms with van der Waals surface area (Å²) >= 11 is 5.64. The molecule has 1 amide bonds. The van der Waals surface area contributed by atoms with Gasteiger partial charge in [-0.15, -0.1) is 12.4 Å². The first-order chi connectivity index (χ1) is 8.56. The zero-order valence-corrected chi connectivity index (χ0v) is 12.0. The molecule has 0 bridgehead atoms. The minimum absolute atomic E-state index is 0. The predicted octanol–water partition coefficient (Wildman–Crippen LogP) is 1.74. The van der Waals surface area contributed by atoms with Crippen molar-refractivity contribution in [3.63, 3.8) is 0 Å². The lowest BCUT2D eigenvalue weighted by Crippen LogP contribution is -2.57. The molecule has 0 atom stereocenters. The molecule has 1 aromatic carbocycles. The molecule has 0 saturated carbocycles. The van der Waals surface area contributed by atoms with E-state index in [1.54, 1.807) is 0 Å². The Morgan fingerprint density at radius 3 is 2.79 bits per heavy atom. The van der Waals surface area contributed by atoms with Crippen LogP contribution in [-0.4, -0.2) is 43.5 Å². The van der Waals surface area contributed by atoms with Gasteiger partial charge in [-0.3, -0.25) is 9.69 Å². The number of benzene rings is 1. The summed E-state index contributed by atoms with van der Waals surface area (Å²) in [5.74, 6) is -0.626.